The molecule has 0 saturated heterocycles. The van der Waals surface area contributed by atoms with Gasteiger partial charge in [0, 0.05) is 30.0 Å². The van der Waals surface area contributed by atoms with Crippen LogP contribution in [0.4, 0.5) is 11.6 Å². The van der Waals surface area contributed by atoms with E-state index in [2.05, 4.69) is 49.5 Å². The van der Waals surface area contributed by atoms with Crippen LogP contribution in [-0.2, 0) is 13.0 Å². The molecule has 0 radical (unpaired) electrons. The SMILES string of the molecule is CCc1nc(NC)c(C)c(NCc2ccccc2Br)n1. The van der Waals surface area contributed by atoms with Crippen LogP contribution in [0.1, 0.15) is 23.9 Å². The molecular weight excluding hydrogens is 316 g/mol. The van der Waals surface area contributed by atoms with E-state index in [9.17, 15) is 0 Å². The second-order valence-electron chi connectivity index (χ2n) is 4.51. The first-order valence-electron chi connectivity index (χ1n) is 6.68. The fraction of sp³-hybridized carbons (Fsp3) is 0.333. The molecule has 0 saturated carbocycles. The maximum atomic E-state index is 4.57. The predicted octanol–water partition coefficient (Wildman–Crippen LogP) is 3.76. The van der Waals surface area contributed by atoms with Gasteiger partial charge in [0.05, 0.1) is 0 Å². The molecule has 1 aromatic heterocycles. The van der Waals surface area contributed by atoms with Gasteiger partial charge in [-0.1, -0.05) is 41.1 Å². The van der Waals surface area contributed by atoms with E-state index in [1.165, 1.54) is 5.56 Å². The van der Waals surface area contributed by atoms with Crippen LogP contribution in [0.3, 0.4) is 0 Å². The van der Waals surface area contributed by atoms with Gasteiger partial charge in [-0.2, -0.15) is 0 Å². The molecule has 20 heavy (non-hydrogen) atoms. The molecule has 0 fully saturated rings. The van der Waals surface area contributed by atoms with Gasteiger partial charge < -0.3 is 10.6 Å². The maximum absolute atomic E-state index is 4.57. The summed E-state index contributed by atoms with van der Waals surface area (Å²) in [5.74, 6) is 2.61. The molecule has 0 unspecified atom stereocenters. The molecule has 0 atom stereocenters. The number of nitrogens with one attached hydrogen (secondary N) is 2. The third kappa shape index (κ3) is 3.28. The van der Waals surface area contributed by atoms with E-state index in [0.29, 0.717) is 0 Å². The summed E-state index contributed by atoms with van der Waals surface area (Å²) in [6.45, 7) is 4.81. The summed E-state index contributed by atoms with van der Waals surface area (Å²) < 4.78 is 1.10. The van der Waals surface area contributed by atoms with Gasteiger partial charge in [-0.05, 0) is 18.6 Å². The Bertz CT molecular complexity index is 598. The van der Waals surface area contributed by atoms with Crippen molar-refractivity contribution in [1.82, 2.24) is 9.97 Å². The molecule has 1 aromatic carbocycles. The molecule has 2 aromatic rings. The van der Waals surface area contributed by atoms with Crippen molar-refractivity contribution >= 4 is 27.6 Å². The maximum Gasteiger partial charge on any atom is 0.135 e. The standard InChI is InChI=1S/C15H19BrN4/c1-4-13-19-14(17-3)10(2)15(20-13)18-9-11-7-5-6-8-12(11)16/h5-8H,4,9H2,1-3H3,(H2,17,18,19,20). The zero-order valence-electron chi connectivity index (χ0n) is 12.0. The van der Waals surface area contributed by atoms with Gasteiger partial charge >= 0.3 is 0 Å². The minimum atomic E-state index is 0.728. The number of halogens is 1. The minimum Gasteiger partial charge on any atom is -0.373 e. The van der Waals surface area contributed by atoms with Gasteiger partial charge in [-0.3, -0.25) is 0 Å². The molecule has 4 nitrogen and oxygen atoms in total. The van der Waals surface area contributed by atoms with Crippen LogP contribution < -0.4 is 10.6 Å². The Hall–Kier alpha value is -1.62. The lowest BCUT2D eigenvalue weighted by molar-refractivity contribution is 0.924. The Labute approximate surface area is 128 Å². The van der Waals surface area contributed by atoms with E-state index in [4.69, 9.17) is 0 Å². The molecular formula is C15H19BrN4. The molecule has 1 heterocycles. The Morgan fingerprint density at radius 3 is 2.50 bits per heavy atom. The second-order valence-corrected chi connectivity index (χ2v) is 5.36. The summed E-state index contributed by atoms with van der Waals surface area (Å²) in [6.07, 6.45) is 0.818. The lowest BCUT2D eigenvalue weighted by Crippen LogP contribution is -2.09. The Kier molecular flexibility index (Phi) is 4.95. The molecule has 2 rings (SSSR count). The largest absolute Gasteiger partial charge is 0.373 e. The number of nitrogens with zero attached hydrogens (tertiary/aromatic N) is 2. The summed E-state index contributed by atoms with van der Waals surface area (Å²) in [7, 11) is 1.88. The van der Waals surface area contributed by atoms with Crippen molar-refractivity contribution in [2.75, 3.05) is 17.7 Å². The van der Waals surface area contributed by atoms with E-state index < -0.39 is 0 Å². The van der Waals surface area contributed by atoms with Crippen LogP contribution in [0.15, 0.2) is 28.7 Å². The Morgan fingerprint density at radius 2 is 1.85 bits per heavy atom. The fourth-order valence-corrected chi connectivity index (χ4v) is 2.38. The van der Waals surface area contributed by atoms with Crippen LogP contribution in [0.5, 0.6) is 0 Å². The first kappa shape index (κ1) is 14.8. The average Bonchev–Trinajstić information content (AvgIpc) is 2.47. The van der Waals surface area contributed by atoms with Crippen LogP contribution in [-0.4, -0.2) is 17.0 Å². The Morgan fingerprint density at radius 1 is 1.15 bits per heavy atom. The topological polar surface area (TPSA) is 49.8 Å². The van der Waals surface area contributed by atoms with Crippen molar-refractivity contribution in [3.8, 4) is 0 Å². The summed E-state index contributed by atoms with van der Waals surface area (Å²) in [6, 6.07) is 8.18. The monoisotopic (exact) mass is 334 g/mol. The third-order valence-corrected chi connectivity index (χ3v) is 3.92. The molecule has 0 aliphatic rings. The average molecular weight is 335 g/mol. The van der Waals surface area contributed by atoms with E-state index >= 15 is 0 Å². The van der Waals surface area contributed by atoms with Crippen molar-refractivity contribution in [3.05, 3.63) is 45.7 Å². The summed E-state index contributed by atoms with van der Waals surface area (Å²) in [5, 5.41) is 6.52. The molecule has 0 bridgehead atoms. The molecule has 0 amide bonds. The molecule has 0 spiro atoms. The van der Waals surface area contributed by atoms with Gasteiger partial charge in [-0.15, -0.1) is 0 Å². The number of benzene rings is 1. The summed E-state index contributed by atoms with van der Waals surface area (Å²) >= 11 is 3.56. The van der Waals surface area contributed by atoms with Crippen molar-refractivity contribution in [1.29, 1.82) is 0 Å². The highest BCUT2D eigenvalue weighted by molar-refractivity contribution is 9.10. The molecule has 0 aliphatic heterocycles. The van der Waals surface area contributed by atoms with E-state index in [1.54, 1.807) is 0 Å². The first-order valence-corrected chi connectivity index (χ1v) is 7.47. The molecule has 5 heteroatoms. The second kappa shape index (κ2) is 6.70. The zero-order chi connectivity index (χ0) is 14.5. The highest BCUT2D eigenvalue weighted by atomic mass is 79.9. The quantitative estimate of drug-likeness (QED) is 0.873. The fourth-order valence-electron chi connectivity index (χ4n) is 1.96. The number of hydrogen-bond acceptors (Lipinski definition) is 4. The highest BCUT2D eigenvalue weighted by Gasteiger charge is 2.09. The van der Waals surface area contributed by atoms with Crippen LogP contribution in [0, 0.1) is 6.92 Å². The number of hydrogen-bond donors (Lipinski definition) is 2. The number of aromatic nitrogens is 2. The van der Waals surface area contributed by atoms with E-state index in [0.717, 1.165) is 40.5 Å². The van der Waals surface area contributed by atoms with Gasteiger partial charge in [0.1, 0.15) is 17.5 Å². The lowest BCUT2D eigenvalue weighted by Gasteiger charge is -2.14. The highest BCUT2D eigenvalue weighted by Crippen LogP contribution is 2.22. The number of anilines is 2. The molecule has 0 aliphatic carbocycles. The normalized spacial score (nSPS) is 10.4. The van der Waals surface area contributed by atoms with Gasteiger partial charge in [-0.25, -0.2) is 9.97 Å². The van der Waals surface area contributed by atoms with Gasteiger partial charge in [0.2, 0.25) is 0 Å². The smallest absolute Gasteiger partial charge is 0.135 e. The van der Waals surface area contributed by atoms with Crippen LogP contribution in [0.2, 0.25) is 0 Å². The van der Waals surface area contributed by atoms with Crippen LogP contribution in [0.25, 0.3) is 0 Å². The van der Waals surface area contributed by atoms with Gasteiger partial charge in [0.25, 0.3) is 0 Å². The van der Waals surface area contributed by atoms with Crippen LogP contribution >= 0.6 is 15.9 Å². The van der Waals surface area contributed by atoms with E-state index in [-0.39, 0.29) is 0 Å². The van der Waals surface area contributed by atoms with Crippen molar-refractivity contribution in [2.45, 2.75) is 26.8 Å². The zero-order valence-corrected chi connectivity index (χ0v) is 13.6. The van der Waals surface area contributed by atoms with E-state index in [1.807, 2.05) is 32.2 Å². The number of rotatable bonds is 5. The minimum absolute atomic E-state index is 0.728. The Balaban J connectivity index is 2.23. The van der Waals surface area contributed by atoms with Gasteiger partial charge in [0.15, 0.2) is 0 Å². The predicted molar refractivity (Wildman–Crippen MR) is 87.2 cm³/mol. The lowest BCUT2D eigenvalue weighted by atomic mass is 10.2. The summed E-state index contributed by atoms with van der Waals surface area (Å²) in [4.78, 5) is 9.04. The third-order valence-electron chi connectivity index (χ3n) is 3.15. The van der Waals surface area contributed by atoms with Crippen molar-refractivity contribution < 1.29 is 0 Å². The van der Waals surface area contributed by atoms with Crippen molar-refractivity contribution in [2.24, 2.45) is 0 Å². The molecule has 106 valence electrons. The van der Waals surface area contributed by atoms with Crippen molar-refractivity contribution in [3.63, 3.8) is 0 Å². The first-order chi connectivity index (χ1) is 9.65. The molecule has 2 N–H and O–H groups in total. The summed E-state index contributed by atoms with van der Waals surface area (Å²) in [5.41, 5.74) is 2.24. The number of aryl methyl sites for hydroxylation is 1.